The van der Waals surface area contributed by atoms with Crippen molar-refractivity contribution in [2.24, 2.45) is 0 Å². The Hall–Kier alpha value is -2.53. The van der Waals surface area contributed by atoms with E-state index in [0.29, 0.717) is 11.6 Å². The molecule has 0 radical (unpaired) electrons. The van der Waals surface area contributed by atoms with Gasteiger partial charge in [-0.25, -0.2) is 4.39 Å². The third-order valence-corrected chi connectivity index (χ3v) is 5.23. The van der Waals surface area contributed by atoms with Crippen LogP contribution in [0.3, 0.4) is 0 Å². The van der Waals surface area contributed by atoms with E-state index in [4.69, 9.17) is 11.6 Å². The number of carbonyl (C=O) groups is 1. The van der Waals surface area contributed by atoms with Crippen molar-refractivity contribution in [1.82, 2.24) is 15.3 Å². The molecule has 132 valence electrons. The molecule has 2 heterocycles. The summed E-state index contributed by atoms with van der Waals surface area (Å²) in [6, 6.07) is 10.5. The minimum atomic E-state index is -0.351. The number of carbonyl (C=O) groups excluding carboxylic acids is 1. The third kappa shape index (κ3) is 3.27. The molecule has 26 heavy (non-hydrogen) atoms. The van der Waals surface area contributed by atoms with Crippen LogP contribution >= 0.6 is 11.6 Å². The van der Waals surface area contributed by atoms with Gasteiger partial charge in [-0.1, -0.05) is 17.7 Å². The molecule has 4 nitrogen and oxygen atoms in total. The van der Waals surface area contributed by atoms with Crippen LogP contribution in [-0.4, -0.2) is 22.4 Å². The molecule has 0 atom stereocenters. The van der Waals surface area contributed by atoms with E-state index < -0.39 is 0 Å². The molecule has 1 aliphatic rings. The fourth-order valence-corrected chi connectivity index (χ4v) is 3.42. The molecule has 1 aromatic carbocycles. The van der Waals surface area contributed by atoms with Crippen LogP contribution in [0.2, 0.25) is 5.02 Å². The van der Waals surface area contributed by atoms with E-state index in [1.807, 2.05) is 18.2 Å². The smallest absolute Gasteiger partial charge is 0.224 e. The van der Waals surface area contributed by atoms with Gasteiger partial charge in [0.15, 0.2) is 0 Å². The van der Waals surface area contributed by atoms with Crippen molar-refractivity contribution < 1.29 is 9.18 Å². The first kappa shape index (κ1) is 16.9. The minimum Gasteiger partial charge on any atom is -0.355 e. The van der Waals surface area contributed by atoms with Crippen LogP contribution in [0.5, 0.6) is 0 Å². The van der Waals surface area contributed by atoms with Crippen LogP contribution in [-0.2, 0) is 16.6 Å². The maximum Gasteiger partial charge on any atom is 0.224 e. The van der Waals surface area contributed by atoms with E-state index in [-0.39, 0.29) is 23.6 Å². The molecule has 0 aliphatic heterocycles. The molecule has 1 saturated carbocycles. The zero-order valence-electron chi connectivity index (χ0n) is 14.0. The molecule has 0 unspecified atom stereocenters. The lowest BCUT2D eigenvalue weighted by Crippen LogP contribution is -2.33. The Kier molecular flexibility index (Phi) is 4.32. The van der Waals surface area contributed by atoms with Gasteiger partial charge in [-0.2, -0.15) is 0 Å². The monoisotopic (exact) mass is 369 g/mol. The summed E-state index contributed by atoms with van der Waals surface area (Å²) in [7, 11) is 0. The first-order valence-corrected chi connectivity index (χ1v) is 8.86. The maximum atomic E-state index is 13.1. The van der Waals surface area contributed by atoms with Gasteiger partial charge in [-0.3, -0.25) is 14.8 Å². The van der Waals surface area contributed by atoms with Crippen LogP contribution in [0, 0.1) is 5.82 Å². The van der Waals surface area contributed by atoms with E-state index in [0.717, 1.165) is 35.0 Å². The van der Waals surface area contributed by atoms with E-state index >= 15 is 0 Å². The van der Waals surface area contributed by atoms with Crippen molar-refractivity contribution in [3.63, 3.8) is 0 Å². The highest BCUT2D eigenvalue weighted by atomic mass is 35.5. The molecule has 0 saturated heterocycles. The summed E-state index contributed by atoms with van der Waals surface area (Å²) in [5.41, 5.74) is 2.26. The van der Waals surface area contributed by atoms with Gasteiger partial charge in [0, 0.05) is 34.3 Å². The average molecular weight is 370 g/mol. The predicted molar refractivity (Wildman–Crippen MR) is 98.6 cm³/mol. The van der Waals surface area contributed by atoms with Gasteiger partial charge in [0.05, 0.1) is 18.1 Å². The quantitative estimate of drug-likeness (QED) is 0.744. The highest BCUT2D eigenvalue weighted by Crippen LogP contribution is 2.46. The number of fused-ring (bicyclic) bond motifs is 1. The Bertz CT molecular complexity index is 970. The van der Waals surface area contributed by atoms with Gasteiger partial charge in [0.25, 0.3) is 0 Å². The van der Waals surface area contributed by atoms with Gasteiger partial charge in [-0.15, -0.1) is 0 Å². The van der Waals surface area contributed by atoms with E-state index in [1.165, 1.54) is 12.3 Å². The van der Waals surface area contributed by atoms with Crippen molar-refractivity contribution in [3.8, 4) is 0 Å². The summed E-state index contributed by atoms with van der Waals surface area (Å²) in [5, 5.41) is 4.46. The Labute approximate surface area is 155 Å². The van der Waals surface area contributed by atoms with Crippen molar-refractivity contribution in [2.75, 3.05) is 6.54 Å². The molecular formula is C20H17ClFN3O. The Morgan fingerprint density at radius 3 is 2.77 bits per heavy atom. The van der Waals surface area contributed by atoms with Crippen LogP contribution in [0.4, 0.5) is 4.39 Å². The van der Waals surface area contributed by atoms with E-state index in [2.05, 4.69) is 15.3 Å². The van der Waals surface area contributed by atoms with Crippen molar-refractivity contribution in [3.05, 3.63) is 70.9 Å². The summed E-state index contributed by atoms with van der Waals surface area (Å²) >= 11 is 6.20. The number of nitrogens with one attached hydrogen (secondary N) is 1. The zero-order chi connectivity index (χ0) is 18.1. The number of hydrogen-bond donors (Lipinski definition) is 1. The van der Waals surface area contributed by atoms with Crippen LogP contribution < -0.4 is 5.32 Å². The van der Waals surface area contributed by atoms with Crippen LogP contribution in [0.1, 0.15) is 24.1 Å². The molecule has 1 amide bonds. The van der Waals surface area contributed by atoms with E-state index in [1.54, 1.807) is 18.3 Å². The number of nitrogens with zero attached hydrogens (tertiary/aromatic N) is 2. The molecule has 1 N–H and O–H groups in total. The summed E-state index contributed by atoms with van der Waals surface area (Å²) in [6.07, 6.45) is 5.04. The number of pyridine rings is 2. The Balaban J connectivity index is 1.45. The SMILES string of the molecule is O=C(Cc1ccc(Cl)c2cccnc12)NCC1(c2ccc(F)cn2)CC1. The van der Waals surface area contributed by atoms with Gasteiger partial charge in [-0.05, 0) is 48.7 Å². The second-order valence-electron chi connectivity index (χ2n) is 6.70. The molecule has 2 aromatic heterocycles. The van der Waals surface area contributed by atoms with Crippen molar-refractivity contribution in [1.29, 1.82) is 0 Å². The number of hydrogen-bond acceptors (Lipinski definition) is 3. The highest BCUT2D eigenvalue weighted by molar-refractivity contribution is 6.35. The molecule has 1 aliphatic carbocycles. The molecule has 4 rings (SSSR count). The highest BCUT2D eigenvalue weighted by Gasteiger charge is 2.45. The summed E-state index contributed by atoms with van der Waals surface area (Å²) in [4.78, 5) is 21.0. The van der Waals surface area contributed by atoms with Crippen LogP contribution in [0.25, 0.3) is 10.9 Å². The van der Waals surface area contributed by atoms with Gasteiger partial charge in [0.1, 0.15) is 5.82 Å². The van der Waals surface area contributed by atoms with Gasteiger partial charge >= 0.3 is 0 Å². The normalized spacial score (nSPS) is 15.0. The molecule has 6 heteroatoms. The van der Waals surface area contributed by atoms with Gasteiger partial charge < -0.3 is 5.32 Å². The first-order chi connectivity index (χ1) is 12.6. The second kappa shape index (κ2) is 6.65. The van der Waals surface area contributed by atoms with Crippen molar-refractivity contribution in [2.45, 2.75) is 24.7 Å². The lowest BCUT2D eigenvalue weighted by Gasteiger charge is -2.16. The third-order valence-electron chi connectivity index (χ3n) is 4.90. The molecule has 0 spiro atoms. The molecule has 0 bridgehead atoms. The number of aromatic nitrogens is 2. The molecule has 1 fully saturated rings. The second-order valence-corrected chi connectivity index (χ2v) is 7.11. The van der Waals surface area contributed by atoms with Crippen molar-refractivity contribution >= 4 is 28.4 Å². The molecular weight excluding hydrogens is 353 g/mol. The summed E-state index contributed by atoms with van der Waals surface area (Å²) in [6.45, 7) is 0.503. The maximum absolute atomic E-state index is 13.1. The number of benzene rings is 1. The zero-order valence-corrected chi connectivity index (χ0v) is 14.8. The lowest BCUT2D eigenvalue weighted by molar-refractivity contribution is -0.120. The largest absolute Gasteiger partial charge is 0.355 e. The first-order valence-electron chi connectivity index (χ1n) is 8.48. The standard InChI is InChI=1S/C20H17ClFN3O/c21-16-5-3-13(19-15(16)2-1-9-23-19)10-18(26)25-12-20(7-8-20)17-6-4-14(22)11-24-17/h1-6,9,11H,7-8,10,12H2,(H,25,26). The van der Waals surface area contributed by atoms with E-state index in [9.17, 15) is 9.18 Å². The fraction of sp³-hybridized carbons (Fsp3) is 0.250. The predicted octanol–water partition coefficient (Wildman–Crippen LogP) is 3.81. The topological polar surface area (TPSA) is 54.9 Å². The Morgan fingerprint density at radius 2 is 2.04 bits per heavy atom. The fourth-order valence-electron chi connectivity index (χ4n) is 3.21. The van der Waals surface area contributed by atoms with Gasteiger partial charge in [0.2, 0.25) is 5.91 Å². The summed E-state index contributed by atoms with van der Waals surface area (Å²) in [5.74, 6) is -0.427. The Morgan fingerprint density at radius 1 is 1.19 bits per heavy atom. The van der Waals surface area contributed by atoms with Crippen LogP contribution in [0.15, 0.2) is 48.8 Å². The number of rotatable bonds is 5. The summed E-state index contributed by atoms with van der Waals surface area (Å²) < 4.78 is 13.1. The number of amides is 1. The lowest BCUT2D eigenvalue weighted by atomic mass is 10.0. The minimum absolute atomic E-state index is 0.0762. The average Bonchev–Trinajstić information content (AvgIpc) is 3.44. The molecule has 3 aromatic rings. The number of halogens is 2.